The van der Waals surface area contributed by atoms with Crippen molar-refractivity contribution in [3.63, 3.8) is 0 Å². The highest BCUT2D eigenvalue weighted by Gasteiger charge is 2.37. The highest BCUT2D eigenvalue weighted by molar-refractivity contribution is 5.89. The number of amides is 2. The van der Waals surface area contributed by atoms with E-state index >= 15 is 0 Å². The van der Waals surface area contributed by atoms with Gasteiger partial charge in [-0.1, -0.05) is 67.4 Å². The molecule has 2 amide bonds. The van der Waals surface area contributed by atoms with Crippen LogP contribution in [0.5, 0.6) is 0 Å². The van der Waals surface area contributed by atoms with E-state index in [1.54, 1.807) is 6.08 Å². The Hall–Kier alpha value is -3.61. The van der Waals surface area contributed by atoms with Crippen LogP contribution in [-0.4, -0.2) is 41.3 Å². The maximum absolute atomic E-state index is 13.0. The van der Waals surface area contributed by atoms with Crippen LogP contribution in [0.2, 0.25) is 0 Å². The first-order chi connectivity index (χ1) is 16.4. The van der Waals surface area contributed by atoms with Gasteiger partial charge in [0.1, 0.15) is 12.6 Å². The average Bonchev–Trinajstić information content (AvgIpc) is 3.40. The Morgan fingerprint density at radius 2 is 1.65 bits per heavy atom. The third-order valence-electron chi connectivity index (χ3n) is 6.82. The molecule has 2 aliphatic carbocycles. The second kappa shape index (κ2) is 10.1. The van der Waals surface area contributed by atoms with Gasteiger partial charge in [-0.3, -0.25) is 9.59 Å². The van der Waals surface area contributed by atoms with Crippen LogP contribution >= 0.6 is 0 Å². The molecule has 0 radical (unpaired) electrons. The SMILES string of the molecule is C=CCC1(NC(=O)C(CC(=O)O)NC(=O)OCC2c3ccccc3-c3ccccc32)CCCC1. The summed E-state index contributed by atoms with van der Waals surface area (Å²) in [6, 6.07) is 14.8. The molecule has 1 fully saturated rings. The molecule has 3 N–H and O–H groups in total. The molecule has 34 heavy (non-hydrogen) atoms. The van der Waals surface area contributed by atoms with Gasteiger partial charge in [0.2, 0.25) is 5.91 Å². The van der Waals surface area contributed by atoms with Crippen LogP contribution in [0.4, 0.5) is 4.79 Å². The minimum Gasteiger partial charge on any atom is -0.481 e. The predicted molar refractivity (Wildman–Crippen MR) is 128 cm³/mol. The summed E-state index contributed by atoms with van der Waals surface area (Å²) < 4.78 is 5.51. The van der Waals surface area contributed by atoms with E-state index in [2.05, 4.69) is 17.2 Å². The number of carbonyl (C=O) groups is 3. The zero-order chi connectivity index (χ0) is 24.1. The topological polar surface area (TPSA) is 105 Å². The maximum atomic E-state index is 13.0. The van der Waals surface area contributed by atoms with E-state index in [0.29, 0.717) is 6.42 Å². The first-order valence-corrected chi connectivity index (χ1v) is 11.7. The highest BCUT2D eigenvalue weighted by atomic mass is 16.5. The number of carboxylic acid groups (broad SMARTS) is 1. The second-order valence-electron chi connectivity index (χ2n) is 9.09. The van der Waals surface area contributed by atoms with E-state index in [1.165, 1.54) is 0 Å². The molecule has 0 spiro atoms. The number of hydrogen-bond donors (Lipinski definition) is 3. The summed E-state index contributed by atoms with van der Waals surface area (Å²) in [5.74, 6) is -1.82. The second-order valence-corrected chi connectivity index (χ2v) is 9.09. The molecule has 0 heterocycles. The molecule has 2 aromatic rings. The minimum atomic E-state index is -1.23. The van der Waals surface area contributed by atoms with Gasteiger partial charge in [-0.25, -0.2) is 4.79 Å². The molecule has 7 heteroatoms. The zero-order valence-electron chi connectivity index (χ0n) is 19.1. The van der Waals surface area contributed by atoms with Gasteiger partial charge in [-0.15, -0.1) is 6.58 Å². The third kappa shape index (κ3) is 4.98. The number of aliphatic carboxylic acids is 1. The minimum absolute atomic E-state index is 0.0850. The van der Waals surface area contributed by atoms with Gasteiger partial charge >= 0.3 is 12.1 Å². The Balaban J connectivity index is 1.42. The van der Waals surface area contributed by atoms with E-state index in [0.717, 1.165) is 47.9 Å². The zero-order valence-corrected chi connectivity index (χ0v) is 19.1. The molecule has 178 valence electrons. The lowest BCUT2D eigenvalue weighted by molar-refractivity contribution is -0.140. The predicted octanol–water partition coefficient (Wildman–Crippen LogP) is 4.37. The van der Waals surface area contributed by atoms with Crippen LogP contribution in [0.25, 0.3) is 11.1 Å². The Labute approximate surface area is 199 Å². The van der Waals surface area contributed by atoms with Crippen molar-refractivity contribution in [3.8, 4) is 11.1 Å². The molecular weight excluding hydrogens is 432 g/mol. The lowest BCUT2D eigenvalue weighted by atomic mass is 9.92. The van der Waals surface area contributed by atoms with Crippen molar-refractivity contribution in [1.82, 2.24) is 10.6 Å². The molecule has 1 atom stereocenters. The van der Waals surface area contributed by atoms with E-state index in [4.69, 9.17) is 4.74 Å². The van der Waals surface area contributed by atoms with Gasteiger partial charge in [0.05, 0.1) is 6.42 Å². The largest absolute Gasteiger partial charge is 0.481 e. The number of ether oxygens (including phenoxy) is 1. The molecular formula is C27H30N2O5. The third-order valence-corrected chi connectivity index (χ3v) is 6.82. The van der Waals surface area contributed by atoms with E-state index in [1.807, 2.05) is 48.5 Å². The van der Waals surface area contributed by atoms with Gasteiger partial charge in [-0.2, -0.15) is 0 Å². The number of nitrogens with one attached hydrogen (secondary N) is 2. The fourth-order valence-electron chi connectivity index (χ4n) is 5.22. The quantitative estimate of drug-likeness (QED) is 0.480. The van der Waals surface area contributed by atoms with Crippen molar-refractivity contribution in [2.75, 3.05) is 6.61 Å². The van der Waals surface area contributed by atoms with Crippen molar-refractivity contribution in [3.05, 3.63) is 72.3 Å². The van der Waals surface area contributed by atoms with Crippen LogP contribution in [0.3, 0.4) is 0 Å². The van der Waals surface area contributed by atoms with Crippen LogP contribution in [0.15, 0.2) is 61.2 Å². The van der Waals surface area contributed by atoms with Gasteiger partial charge in [-0.05, 0) is 41.5 Å². The molecule has 0 bridgehead atoms. The summed E-state index contributed by atoms with van der Waals surface area (Å²) in [6.07, 6.45) is 4.59. The van der Waals surface area contributed by atoms with Gasteiger partial charge < -0.3 is 20.5 Å². The van der Waals surface area contributed by atoms with E-state index < -0.39 is 36.0 Å². The number of hydrogen-bond acceptors (Lipinski definition) is 4. The van der Waals surface area contributed by atoms with Crippen molar-refractivity contribution in [2.45, 2.75) is 56.0 Å². The number of alkyl carbamates (subject to hydrolysis) is 1. The van der Waals surface area contributed by atoms with E-state index in [-0.39, 0.29) is 12.5 Å². The van der Waals surface area contributed by atoms with Crippen molar-refractivity contribution < 1.29 is 24.2 Å². The maximum Gasteiger partial charge on any atom is 0.407 e. The average molecular weight is 463 g/mol. The lowest BCUT2D eigenvalue weighted by Gasteiger charge is -2.31. The Bertz CT molecular complexity index is 1040. The number of carbonyl (C=O) groups excluding carboxylic acids is 2. The molecule has 1 unspecified atom stereocenters. The first-order valence-electron chi connectivity index (χ1n) is 11.7. The smallest absolute Gasteiger partial charge is 0.407 e. The van der Waals surface area contributed by atoms with Gasteiger partial charge in [0, 0.05) is 11.5 Å². The molecule has 7 nitrogen and oxygen atoms in total. The normalized spacial score (nSPS) is 16.7. The molecule has 4 rings (SSSR count). The van der Waals surface area contributed by atoms with Crippen LogP contribution in [-0.2, 0) is 14.3 Å². The van der Waals surface area contributed by atoms with E-state index in [9.17, 15) is 19.5 Å². The lowest BCUT2D eigenvalue weighted by Crippen LogP contribution is -2.55. The number of rotatable bonds is 9. The monoisotopic (exact) mass is 462 g/mol. The van der Waals surface area contributed by atoms with Crippen LogP contribution in [0, 0.1) is 0 Å². The summed E-state index contributed by atoms with van der Waals surface area (Å²) in [7, 11) is 0. The Morgan fingerprint density at radius 3 is 2.21 bits per heavy atom. The van der Waals surface area contributed by atoms with Crippen LogP contribution in [0.1, 0.15) is 55.6 Å². The first kappa shape index (κ1) is 23.5. The van der Waals surface area contributed by atoms with Gasteiger partial charge in [0.25, 0.3) is 0 Å². The number of carboxylic acids is 1. The summed E-state index contributed by atoms with van der Waals surface area (Å²) in [6.45, 7) is 3.86. The number of fused-ring (bicyclic) bond motifs is 3. The standard InChI is InChI=1S/C27H30N2O5/c1-2-13-27(14-7-8-15-27)29-25(32)23(16-24(30)31)28-26(33)34-17-22-20-11-5-3-9-18(20)19-10-4-6-12-21(19)22/h2-6,9-12,22-23H,1,7-8,13-17H2,(H,28,33)(H,29,32)(H,30,31). The molecule has 2 aliphatic rings. The Morgan fingerprint density at radius 1 is 1.06 bits per heavy atom. The Kier molecular flexibility index (Phi) is 7.01. The highest BCUT2D eigenvalue weighted by Crippen LogP contribution is 2.44. The van der Waals surface area contributed by atoms with Crippen molar-refractivity contribution in [1.29, 1.82) is 0 Å². The fraction of sp³-hybridized carbons (Fsp3) is 0.370. The van der Waals surface area contributed by atoms with Gasteiger partial charge in [0.15, 0.2) is 0 Å². The molecule has 0 saturated heterocycles. The van der Waals surface area contributed by atoms with Crippen molar-refractivity contribution in [2.24, 2.45) is 0 Å². The van der Waals surface area contributed by atoms with Crippen molar-refractivity contribution >= 4 is 18.0 Å². The summed E-state index contributed by atoms with van der Waals surface area (Å²) in [4.78, 5) is 37.0. The molecule has 0 aliphatic heterocycles. The summed E-state index contributed by atoms with van der Waals surface area (Å²) in [5.41, 5.74) is 3.94. The number of benzene rings is 2. The fourth-order valence-corrected chi connectivity index (χ4v) is 5.22. The summed E-state index contributed by atoms with van der Waals surface area (Å²) in [5, 5.41) is 14.8. The van der Waals surface area contributed by atoms with Crippen LogP contribution < -0.4 is 10.6 Å². The molecule has 0 aromatic heterocycles. The molecule has 1 saturated carbocycles. The summed E-state index contributed by atoms with van der Waals surface area (Å²) >= 11 is 0. The molecule has 2 aromatic carbocycles.